The van der Waals surface area contributed by atoms with Crippen LogP contribution < -0.4 is 4.74 Å². The maximum Gasteiger partial charge on any atom is 0.289 e. The number of carbonyl (C=O) groups excluding carboxylic acids is 1. The highest BCUT2D eigenvalue weighted by Crippen LogP contribution is 2.30. The lowest BCUT2D eigenvalue weighted by atomic mass is 9.89. The number of ether oxygens (including phenoxy) is 1. The summed E-state index contributed by atoms with van der Waals surface area (Å²) in [5.74, 6) is 1.78. The minimum atomic E-state index is -0.0736. The smallest absolute Gasteiger partial charge is 0.289 e. The Morgan fingerprint density at radius 2 is 2.00 bits per heavy atom. The number of amides is 1. The van der Waals surface area contributed by atoms with E-state index in [0.29, 0.717) is 11.5 Å². The molecule has 1 aromatic carbocycles. The fourth-order valence-corrected chi connectivity index (χ4v) is 3.60. The third-order valence-electron chi connectivity index (χ3n) is 4.91. The Balaban J connectivity index is 1.69. The van der Waals surface area contributed by atoms with E-state index in [4.69, 9.17) is 9.15 Å². The van der Waals surface area contributed by atoms with Crippen molar-refractivity contribution in [1.82, 2.24) is 9.80 Å². The fourth-order valence-electron chi connectivity index (χ4n) is 3.60. The second kappa shape index (κ2) is 6.92. The lowest BCUT2D eigenvalue weighted by molar-refractivity contribution is 0.0700. The number of benzene rings is 1. The zero-order valence-electron chi connectivity index (χ0n) is 15.4. The number of carbonyl (C=O) groups is 1. The Morgan fingerprint density at radius 1 is 1.28 bits per heavy atom. The molecule has 0 radical (unpaired) electrons. The molecule has 0 aliphatic carbocycles. The highest BCUT2D eigenvalue weighted by molar-refractivity contribution is 5.92. The highest BCUT2D eigenvalue weighted by Gasteiger charge is 2.34. The van der Waals surface area contributed by atoms with Gasteiger partial charge >= 0.3 is 0 Å². The monoisotopic (exact) mass is 342 g/mol. The van der Waals surface area contributed by atoms with E-state index in [1.54, 1.807) is 18.1 Å². The predicted octanol–water partition coefficient (Wildman–Crippen LogP) is 3.37. The maximum absolute atomic E-state index is 12.7. The van der Waals surface area contributed by atoms with Crippen molar-refractivity contribution in [2.24, 2.45) is 5.41 Å². The van der Waals surface area contributed by atoms with Gasteiger partial charge in [-0.1, -0.05) is 6.92 Å². The molecular weight excluding hydrogens is 316 g/mol. The fraction of sp³-hybridized carbons (Fsp3) is 0.450. The molecule has 1 aromatic heterocycles. The van der Waals surface area contributed by atoms with Gasteiger partial charge in [0, 0.05) is 25.7 Å². The standard InChI is InChI=1S/C20H26N2O3/c1-20(11-12-21(2)13-20)14-22(3)19(23)18-10-9-17(25-18)15-5-7-16(24-4)8-6-15/h5-10H,11-14H2,1-4H3/t20-/m0/s1. The molecule has 0 unspecified atom stereocenters. The molecule has 0 N–H and O–H groups in total. The van der Waals surface area contributed by atoms with Crippen molar-refractivity contribution < 1.29 is 13.9 Å². The molecule has 1 aliphatic rings. The van der Waals surface area contributed by atoms with Crippen LogP contribution in [-0.4, -0.2) is 56.5 Å². The van der Waals surface area contributed by atoms with Crippen LogP contribution in [0.1, 0.15) is 23.9 Å². The third kappa shape index (κ3) is 3.87. The molecule has 0 bridgehead atoms. The molecule has 134 valence electrons. The molecule has 25 heavy (non-hydrogen) atoms. The number of hydrogen-bond acceptors (Lipinski definition) is 4. The van der Waals surface area contributed by atoms with Crippen LogP contribution in [0.3, 0.4) is 0 Å². The summed E-state index contributed by atoms with van der Waals surface area (Å²) < 4.78 is 11.0. The molecule has 1 amide bonds. The van der Waals surface area contributed by atoms with Crippen molar-refractivity contribution in [3.05, 3.63) is 42.2 Å². The molecule has 1 atom stereocenters. The molecule has 5 heteroatoms. The number of likely N-dealkylation sites (tertiary alicyclic amines) is 1. The average Bonchev–Trinajstić information content (AvgIpc) is 3.21. The minimum absolute atomic E-state index is 0.0736. The van der Waals surface area contributed by atoms with Gasteiger partial charge in [0.05, 0.1) is 7.11 Å². The zero-order valence-corrected chi connectivity index (χ0v) is 15.4. The van der Waals surface area contributed by atoms with Crippen LogP contribution in [0.25, 0.3) is 11.3 Å². The molecule has 2 heterocycles. The summed E-state index contributed by atoms with van der Waals surface area (Å²) >= 11 is 0. The molecule has 5 nitrogen and oxygen atoms in total. The Hall–Kier alpha value is -2.27. The van der Waals surface area contributed by atoms with Gasteiger partial charge in [0.25, 0.3) is 5.91 Å². The number of nitrogens with zero attached hydrogens (tertiary/aromatic N) is 2. The van der Waals surface area contributed by atoms with Crippen molar-refractivity contribution in [1.29, 1.82) is 0 Å². The Labute approximate surface area is 149 Å². The van der Waals surface area contributed by atoms with Crippen LogP contribution in [0.15, 0.2) is 40.8 Å². The van der Waals surface area contributed by atoms with E-state index >= 15 is 0 Å². The summed E-state index contributed by atoms with van der Waals surface area (Å²) in [4.78, 5) is 16.8. The molecule has 1 saturated heterocycles. The van der Waals surface area contributed by atoms with Gasteiger partial charge in [0.2, 0.25) is 0 Å². The predicted molar refractivity (Wildman–Crippen MR) is 97.9 cm³/mol. The first-order valence-electron chi connectivity index (χ1n) is 8.58. The van der Waals surface area contributed by atoms with Crippen molar-refractivity contribution in [2.45, 2.75) is 13.3 Å². The number of methoxy groups -OCH3 is 1. The van der Waals surface area contributed by atoms with Gasteiger partial charge in [0.1, 0.15) is 11.5 Å². The summed E-state index contributed by atoms with van der Waals surface area (Å²) in [5, 5.41) is 0. The first-order valence-corrected chi connectivity index (χ1v) is 8.58. The van der Waals surface area contributed by atoms with Gasteiger partial charge in [-0.05, 0) is 61.8 Å². The van der Waals surface area contributed by atoms with Crippen molar-refractivity contribution in [3.8, 4) is 17.1 Å². The molecule has 1 aliphatic heterocycles. The maximum atomic E-state index is 12.7. The average molecular weight is 342 g/mol. The van der Waals surface area contributed by atoms with Crippen molar-refractivity contribution in [3.63, 3.8) is 0 Å². The van der Waals surface area contributed by atoms with Crippen LogP contribution in [-0.2, 0) is 0 Å². The van der Waals surface area contributed by atoms with E-state index in [0.717, 1.165) is 37.4 Å². The van der Waals surface area contributed by atoms with E-state index in [9.17, 15) is 4.79 Å². The molecule has 1 fully saturated rings. The van der Waals surface area contributed by atoms with Gasteiger partial charge < -0.3 is 19.0 Å². The minimum Gasteiger partial charge on any atom is -0.497 e. The summed E-state index contributed by atoms with van der Waals surface area (Å²) in [5.41, 5.74) is 1.07. The van der Waals surface area contributed by atoms with Crippen LogP contribution in [0.5, 0.6) is 5.75 Å². The number of hydrogen-bond donors (Lipinski definition) is 0. The number of rotatable bonds is 5. The summed E-state index contributed by atoms with van der Waals surface area (Å²) in [7, 11) is 5.61. The van der Waals surface area contributed by atoms with Gasteiger partial charge in [-0.2, -0.15) is 0 Å². The van der Waals surface area contributed by atoms with Crippen LogP contribution >= 0.6 is 0 Å². The van der Waals surface area contributed by atoms with Gasteiger partial charge in [0.15, 0.2) is 5.76 Å². The molecule has 0 spiro atoms. The van der Waals surface area contributed by atoms with Crippen LogP contribution in [0.2, 0.25) is 0 Å². The molecule has 3 rings (SSSR count). The summed E-state index contributed by atoms with van der Waals surface area (Å²) in [6, 6.07) is 11.2. The van der Waals surface area contributed by atoms with E-state index < -0.39 is 0 Å². The quantitative estimate of drug-likeness (QED) is 0.836. The lowest BCUT2D eigenvalue weighted by Gasteiger charge is -2.29. The van der Waals surface area contributed by atoms with Gasteiger partial charge in [-0.15, -0.1) is 0 Å². The molecule has 0 saturated carbocycles. The Morgan fingerprint density at radius 3 is 2.60 bits per heavy atom. The molecular formula is C20H26N2O3. The van der Waals surface area contributed by atoms with Crippen LogP contribution in [0, 0.1) is 5.41 Å². The Bertz CT molecular complexity index is 738. The van der Waals surface area contributed by atoms with Gasteiger partial charge in [-0.3, -0.25) is 4.79 Å². The summed E-state index contributed by atoms with van der Waals surface area (Å²) in [6.45, 7) is 5.07. The number of furan rings is 1. The lowest BCUT2D eigenvalue weighted by Crippen LogP contribution is -2.38. The second-order valence-corrected chi connectivity index (χ2v) is 7.35. The van der Waals surface area contributed by atoms with Crippen LogP contribution in [0.4, 0.5) is 0 Å². The zero-order chi connectivity index (χ0) is 18.0. The van der Waals surface area contributed by atoms with Gasteiger partial charge in [-0.25, -0.2) is 0 Å². The first kappa shape index (κ1) is 17.5. The van der Waals surface area contributed by atoms with Crippen molar-refractivity contribution >= 4 is 5.91 Å². The third-order valence-corrected chi connectivity index (χ3v) is 4.91. The molecule has 2 aromatic rings. The largest absolute Gasteiger partial charge is 0.497 e. The summed E-state index contributed by atoms with van der Waals surface area (Å²) in [6.07, 6.45) is 1.11. The van der Waals surface area contributed by atoms with Crippen molar-refractivity contribution in [2.75, 3.05) is 40.8 Å². The van der Waals surface area contributed by atoms with E-state index in [-0.39, 0.29) is 11.3 Å². The topological polar surface area (TPSA) is 45.9 Å². The van der Waals surface area contributed by atoms with E-state index in [1.807, 2.05) is 37.4 Å². The van der Waals surface area contributed by atoms with E-state index in [2.05, 4.69) is 18.9 Å². The van der Waals surface area contributed by atoms with E-state index in [1.165, 1.54) is 0 Å². The SMILES string of the molecule is COc1ccc(-c2ccc(C(=O)N(C)C[C@@]3(C)CCN(C)C3)o2)cc1. The highest BCUT2D eigenvalue weighted by atomic mass is 16.5. The normalized spacial score (nSPS) is 20.6. The Kier molecular flexibility index (Phi) is 4.86. The second-order valence-electron chi connectivity index (χ2n) is 7.35. The first-order chi connectivity index (χ1) is 11.9.